The van der Waals surface area contributed by atoms with Crippen LogP contribution in [0.2, 0.25) is 0 Å². The molecule has 0 aliphatic carbocycles. The number of hydrogen-bond donors (Lipinski definition) is 1. The van der Waals surface area contributed by atoms with Gasteiger partial charge in [-0.3, -0.25) is 5.41 Å². The molecule has 2 nitrogen and oxygen atoms in total. The number of hydrogen-bond acceptors (Lipinski definition) is 1. The van der Waals surface area contributed by atoms with Crippen molar-refractivity contribution in [2.75, 3.05) is 4.90 Å². The number of para-hydroxylation sites is 1. The highest BCUT2D eigenvalue weighted by atomic mass is 15.2. The Hall–Kier alpha value is -1.57. The first-order chi connectivity index (χ1) is 7.38. The summed E-state index contributed by atoms with van der Waals surface area (Å²) in [7, 11) is 0. The zero-order valence-corrected chi connectivity index (χ0v) is 10.5. The van der Waals surface area contributed by atoms with Crippen LogP contribution >= 0.6 is 0 Å². The third-order valence-corrected chi connectivity index (χ3v) is 2.46. The molecule has 0 aromatic heterocycles. The van der Waals surface area contributed by atoms with Crippen molar-refractivity contribution >= 4 is 11.5 Å². The van der Waals surface area contributed by atoms with Crippen LogP contribution < -0.4 is 4.90 Å². The molecule has 86 valence electrons. The van der Waals surface area contributed by atoms with E-state index in [9.17, 15) is 0 Å². The fourth-order valence-corrected chi connectivity index (χ4v) is 1.76. The summed E-state index contributed by atoms with van der Waals surface area (Å²) in [4.78, 5) is 2.00. The van der Waals surface area contributed by atoms with Crippen molar-refractivity contribution in [2.24, 2.45) is 0 Å². The molecule has 1 aromatic rings. The van der Waals surface area contributed by atoms with Gasteiger partial charge in [0.1, 0.15) is 5.84 Å². The van der Waals surface area contributed by atoms with Crippen LogP contribution in [0.25, 0.3) is 0 Å². The predicted molar refractivity (Wildman–Crippen MR) is 71.3 cm³/mol. The predicted octanol–water partition coefficient (Wildman–Crippen LogP) is 3.76. The minimum atomic E-state index is -0.128. The Balaban J connectivity index is 3.28. The minimum absolute atomic E-state index is 0.128. The average Bonchev–Trinajstić information content (AvgIpc) is 2.19. The first-order valence-electron chi connectivity index (χ1n) is 5.45. The molecule has 0 amide bonds. The second-order valence-electron chi connectivity index (χ2n) is 4.88. The maximum absolute atomic E-state index is 7.99. The normalized spacial score (nSPS) is 11.0. The lowest BCUT2D eigenvalue weighted by Crippen LogP contribution is -2.45. The lowest BCUT2D eigenvalue weighted by molar-refractivity contribution is 0.570. The van der Waals surface area contributed by atoms with Gasteiger partial charge in [-0.15, -0.1) is 0 Å². The molecular formula is C14H20N2. The number of anilines is 1. The summed E-state index contributed by atoms with van der Waals surface area (Å²) in [6.45, 7) is 12.0. The average molecular weight is 216 g/mol. The summed E-state index contributed by atoms with van der Waals surface area (Å²) in [6.07, 6.45) is 1.58. The van der Waals surface area contributed by atoms with Crippen molar-refractivity contribution in [3.8, 4) is 0 Å². The number of benzene rings is 1. The monoisotopic (exact) mass is 216 g/mol. The minimum Gasteiger partial charge on any atom is -0.321 e. The summed E-state index contributed by atoms with van der Waals surface area (Å²) in [6, 6.07) is 8.11. The molecule has 0 fully saturated rings. The summed E-state index contributed by atoms with van der Waals surface area (Å²) < 4.78 is 0. The van der Waals surface area contributed by atoms with E-state index in [2.05, 4.69) is 40.3 Å². The van der Waals surface area contributed by atoms with E-state index in [4.69, 9.17) is 5.41 Å². The Morgan fingerprint density at radius 2 is 1.88 bits per heavy atom. The van der Waals surface area contributed by atoms with E-state index in [0.29, 0.717) is 5.84 Å². The van der Waals surface area contributed by atoms with E-state index in [-0.39, 0.29) is 5.54 Å². The van der Waals surface area contributed by atoms with Crippen molar-refractivity contribution < 1.29 is 0 Å². The van der Waals surface area contributed by atoms with Gasteiger partial charge in [0.2, 0.25) is 0 Å². The smallest absolute Gasteiger partial charge is 0.125 e. The van der Waals surface area contributed by atoms with E-state index in [1.165, 1.54) is 5.56 Å². The maximum Gasteiger partial charge on any atom is 0.125 e. The molecule has 1 aromatic carbocycles. The first kappa shape index (κ1) is 12.5. The number of rotatable bonds is 2. The maximum atomic E-state index is 7.99. The summed E-state index contributed by atoms with van der Waals surface area (Å²) in [5, 5.41) is 7.99. The number of nitrogens with one attached hydrogen (secondary N) is 1. The molecule has 0 aliphatic heterocycles. The Bertz CT molecular complexity index is 399. The highest BCUT2D eigenvalue weighted by Crippen LogP contribution is 2.27. The topological polar surface area (TPSA) is 27.1 Å². The van der Waals surface area contributed by atoms with E-state index in [1.54, 1.807) is 6.08 Å². The van der Waals surface area contributed by atoms with Crippen LogP contribution in [0, 0.1) is 12.3 Å². The second-order valence-corrected chi connectivity index (χ2v) is 4.88. The lowest BCUT2D eigenvalue weighted by Gasteiger charge is -2.37. The van der Waals surface area contributed by atoms with Crippen LogP contribution in [-0.2, 0) is 0 Å². The third kappa shape index (κ3) is 2.51. The molecular weight excluding hydrogens is 196 g/mol. The lowest BCUT2D eigenvalue weighted by atomic mass is 10.0. The van der Waals surface area contributed by atoms with Crippen LogP contribution in [0.1, 0.15) is 26.3 Å². The molecule has 1 rings (SSSR count). The standard InChI is InChI=1S/C14H20N2/c1-6-13(15)16(14(3,4)5)12-10-8-7-9-11(12)2/h6-10,15H,1H2,2-5H3. The molecule has 0 saturated carbocycles. The van der Waals surface area contributed by atoms with Gasteiger partial charge in [-0.25, -0.2) is 0 Å². The van der Waals surface area contributed by atoms with Crippen LogP contribution in [0.3, 0.4) is 0 Å². The van der Waals surface area contributed by atoms with Crippen molar-refractivity contribution in [1.29, 1.82) is 5.41 Å². The van der Waals surface area contributed by atoms with Crippen LogP contribution in [-0.4, -0.2) is 11.4 Å². The fourth-order valence-electron chi connectivity index (χ4n) is 1.76. The van der Waals surface area contributed by atoms with E-state index < -0.39 is 0 Å². The van der Waals surface area contributed by atoms with Gasteiger partial charge < -0.3 is 4.90 Å². The molecule has 0 heterocycles. The zero-order valence-electron chi connectivity index (χ0n) is 10.5. The molecule has 0 bridgehead atoms. The fraction of sp³-hybridized carbons (Fsp3) is 0.357. The van der Waals surface area contributed by atoms with Crippen molar-refractivity contribution in [1.82, 2.24) is 0 Å². The first-order valence-corrected chi connectivity index (χ1v) is 5.45. The second kappa shape index (κ2) is 4.52. The van der Waals surface area contributed by atoms with Gasteiger partial charge in [0.15, 0.2) is 0 Å². The van der Waals surface area contributed by atoms with Crippen LogP contribution in [0.4, 0.5) is 5.69 Å². The molecule has 1 N–H and O–H groups in total. The van der Waals surface area contributed by atoms with Gasteiger partial charge in [-0.1, -0.05) is 24.8 Å². The van der Waals surface area contributed by atoms with Gasteiger partial charge in [-0.2, -0.15) is 0 Å². The summed E-state index contributed by atoms with van der Waals surface area (Å²) >= 11 is 0. The highest BCUT2D eigenvalue weighted by molar-refractivity contribution is 6.04. The SMILES string of the molecule is C=CC(=N)N(c1ccccc1C)C(C)(C)C. The molecule has 0 spiro atoms. The Kier molecular flexibility index (Phi) is 3.53. The molecule has 0 radical (unpaired) electrons. The summed E-state index contributed by atoms with van der Waals surface area (Å²) in [5.74, 6) is 0.432. The van der Waals surface area contributed by atoms with E-state index in [0.717, 1.165) is 5.69 Å². The van der Waals surface area contributed by atoms with Gasteiger partial charge in [-0.05, 0) is 45.4 Å². The third-order valence-electron chi connectivity index (χ3n) is 2.46. The number of nitrogens with zero attached hydrogens (tertiary/aromatic N) is 1. The van der Waals surface area contributed by atoms with Crippen molar-refractivity contribution in [3.05, 3.63) is 42.5 Å². The molecule has 0 aliphatic rings. The Morgan fingerprint density at radius 3 is 2.31 bits per heavy atom. The number of amidine groups is 1. The molecule has 0 atom stereocenters. The number of aryl methyl sites for hydroxylation is 1. The molecule has 0 unspecified atom stereocenters. The zero-order chi connectivity index (χ0) is 12.3. The molecule has 2 heteroatoms. The molecule has 0 saturated heterocycles. The van der Waals surface area contributed by atoms with Gasteiger partial charge in [0, 0.05) is 11.2 Å². The van der Waals surface area contributed by atoms with E-state index in [1.807, 2.05) is 23.1 Å². The van der Waals surface area contributed by atoms with Gasteiger partial charge >= 0.3 is 0 Å². The van der Waals surface area contributed by atoms with Crippen LogP contribution in [0.15, 0.2) is 36.9 Å². The van der Waals surface area contributed by atoms with Crippen LogP contribution in [0.5, 0.6) is 0 Å². The Labute approximate surface area is 98.1 Å². The van der Waals surface area contributed by atoms with Crippen molar-refractivity contribution in [3.63, 3.8) is 0 Å². The summed E-state index contributed by atoms with van der Waals surface area (Å²) in [5.41, 5.74) is 2.11. The Morgan fingerprint density at radius 1 is 1.31 bits per heavy atom. The largest absolute Gasteiger partial charge is 0.321 e. The molecule has 16 heavy (non-hydrogen) atoms. The van der Waals surface area contributed by atoms with Crippen molar-refractivity contribution in [2.45, 2.75) is 33.2 Å². The van der Waals surface area contributed by atoms with Gasteiger partial charge in [0.25, 0.3) is 0 Å². The quantitative estimate of drug-likeness (QED) is 0.591. The highest BCUT2D eigenvalue weighted by Gasteiger charge is 2.25. The van der Waals surface area contributed by atoms with Gasteiger partial charge in [0.05, 0.1) is 0 Å². The van der Waals surface area contributed by atoms with E-state index >= 15 is 0 Å².